The first-order valence-corrected chi connectivity index (χ1v) is 5.66. The lowest BCUT2D eigenvalue weighted by Gasteiger charge is -2.09. The van der Waals surface area contributed by atoms with Crippen LogP contribution in [0.1, 0.15) is 22.3 Å². The fourth-order valence-corrected chi connectivity index (χ4v) is 2.00. The monoisotopic (exact) mass is 229 g/mol. The maximum absolute atomic E-state index is 12.8. The van der Waals surface area contributed by atoms with E-state index in [1.165, 1.54) is 17.7 Å². The fraction of sp³-hybridized carbons (Fsp3) is 0.200. The molecule has 0 aliphatic rings. The van der Waals surface area contributed by atoms with Crippen molar-refractivity contribution in [1.29, 1.82) is 0 Å². The lowest BCUT2D eigenvalue weighted by Crippen LogP contribution is -1.97. The van der Waals surface area contributed by atoms with Crippen molar-refractivity contribution in [2.75, 3.05) is 5.73 Å². The van der Waals surface area contributed by atoms with Crippen LogP contribution in [0.25, 0.3) is 0 Å². The second kappa shape index (κ2) is 4.58. The van der Waals surface area contributed by atoms with Gasteiger partial charge >= 0.3 is 0 Å². The van der Waals surface area contributed by atoms with Crippen LogP contribution in [0.4, 0.5) is 10.1 Å². The van der Waals surface area contributed by atoms with Crippen LogP contribution in [-0.2, 0) is 6.42 Å². The molecule has 2 N–H and O–H groups in total. The highest BCUT2D eigenvalue weighted by atomic mass is 19.1. The molecule has 0 spiro atoms. The molecule has 17 heavy (non-hydrogen) atoms. The van der Waals surface area contributed by atoms with Gasteiger partial charge in [-0.05, 0) is 54.7 Å². The minimum absolute atomic E-state index is 0.196. The van der Waals surface area contributed by atoms with Crippen molar-refractivity contribution in [3.05, 3.63) is 64.5 Å². The summed E-state index contributed by atoms with van der Waals surface area (Å²) < 4.78 is 12.8. The van der Waals surface area contributed by atoms with Crippen LogP contribution in [0.5, 0.6) is 0 Å². The summed E-state index contributed by atoms with van der Waals surface area (Å²) in [5.74, 6) is -0.196. The number of halogens is 1. The van der Waals surface area contributed by atoms with Crippen molar-refractivity contribution in [1.82, 2.24) is 0 Å². The van der Waals surface area contributed by atoms with Crippen LogP contribution in [0, 0.1) is 19.7 Å². The molecule has 0 aromatic heterocycles. The zero-order valence-corrected chi connectivity index (χ0v) is 10.1. The largest absolute Gasteiger partial charge is 0.398 e. The number of hydrogen-bond donors (Lipinski definition) is 1. The molecule has 0 unspecified atom stereocenters. The van der Waals surface area contributed by atoms with Gasteiger partial charge in [-0.2, -0.15) is 0 Å². The summed E-state index contributed by atoms with van der Waals surface area (Å²) in [6.45, 7) is 4.02. The van der Waals surface area contributed by atoms with Crippen LogP contribution in [0.3, 0.4) is 0 Å². The topological polar surface area (TPSA) is 26.0 Å². The Kier molecular flexibility index (Phi) is 3.14. The highest BCUT2D eigenvalue weighted by molar-refractivity contribution is 5.54. The Morgan fingerprint density at radius 1 is 0.941 bits per heavy atom. The number of benzene rings is 2. The molecule has 2 rings (SSSR count). The van der Waals surface area contributed by atoms with Gasteiger partial charge < -0.3 is 5.73 Å². The summed E-state index contributed by atoms with van der Waals surface area (Å²) >= 11 is 0. The lowest BCUT2D eigenvalue weighted by molar-refractivity contribution is 0.627. The van der Waals surface area contributed by atoms with E-state index in [0.717, 1.165) is 28.8 Å². The first-order chi connectivity index (χ1) is 8.06. The summed E-state index contributed by atoms with van der Waals surface area (Å²) in [5, 5.41) is 0. The molecule has 2 aromatic rings. The Bertz CT molecular complexity index is 506. The summed E-state index contributed by atoms with van der Waals surface area (Å²) in [6.07, 6.45) is 0.808. The van der Waals surface area contributed by atoms with E-state index in [1.54, 1.807) is 0 Å². The highest BCUT2D eigenvalue weighted by Crippen LogP contribution is 2.20. The number of aryl methyl sites for hydroxylation is 2. The van der Waals surface area contributed by atoms with Gasteiger partial charge in [0.1, 0.15) is 5.82 Å². The second-order valence-corrected chi connectivity index (χ2v) is 4.45. The predicted octanol–water partition coefficient (Wildman–Crippen LogP) is 3.62. The van der Waals surface area contributed by atoms with E-state index in [9.17, 15) is 4.39 Å². The Morgan fingerprint density at radius 2 is 1.47 bits per heavy atom. The quantitative estimate of drug-likeness (QED) is 0.782. The Labute approximate surface area is 101 Å². The molecule has 0 aliphatic heterocycles. The molecule has 0 saturated carbocycles. The first-order valence-electron chi connectivity index (χ1n) is 5.66. The molecule has 0 fully saturated rings. The van der Waals surface area contributed by atoms with E-state index in [0.29, 0.717) is 0 Å². The average Bonchev–Trinajstić information content (AvgIpc) is 2.29. The summed E-state index contributed by atoms with van der Waals surface area (Å²) in [5.41, 5.74) is 11.3. The molecule has 0 bridgehead atoms. The average molecular weight is 229 g/mol. The van der Waals surface area contributed by atoms with Gasteiger partial charge in [0.25, 0.3) is 0 Å². The van der Waals surface area contributed by atoms with Gasteiger partial charge in [0.15, 0.2) is 0 Å². The highest BCUT2D eigenvalue weighted by Gasteiger charge is 2.03. The number of anilines is 1. The van der Waals surface area contributed by atoms with Gasteiger partial charge in [0.05, 0.1) is 0 Å². The molecular formula is C15H16FN. The van der Waals surface area contributed by atoms with E-state index in [-0.39, 0.29) is 5.82 Å². The molecule has 0 radical (unpaired) electrons. The minimum Gasteiger partial charge on any atom is -0.398 e. The van der Waals surface area contributed by atoms with Crippen LogP contribution in [-0.4, -0.2) is 0 Å². The Hall–Kier alpha value is -1.83. The molecule has 2 aromatic carbocycles. The maximum Gasteiger partial charge on any atom is 0.123 e. The zero-order chi connectivity index (χ0) is 12.4. The van der Waals surface area contributed by atoms with Crippen molar-refractivity contribution >= 4 is 5.69 Å². The van der Waals surface area contributed by atoms with E-state index < -0.39 is 0 Å². The predicted molar refractivity (Wildman–Crippen MR) is 69.5 cm³/mol. The van der Waals surface area contributed by atoms with E-state index in [4.69, 9.17) is 5.73 Å². The molecule has 88 valence electrons. The molecule has 0 saturated heterocycles. The second-order valence-electron chi connectivity index (χ2n) is 4.45. The number of nitrogen functional groups attached to an aromatic ring is 1. The lowest BCUT2D eigenvalue weighted by atomic mass is 9.99. The molecule has 0 heterocycles. The minimum atomic E-state index is -0.196. The van der Waals surface area contributed by atoms with Gasteiger partial charge in [-0.15, -0.1) is 0 Å². The molecule has 2 heteroatoms. The van der Waals surface area contributed by atoms with Crippen molar-refractivity contribution < 1.29 is 4.39 Å². The molecule has 1 nitrogen and oxygen atoms in total. The van der Waals surface area contributed by atoms with E-state index in [1.807, 2.05) is 26.0 Å². The molecule has 0 atom stereocenters. The third kappa shape index (κ3) is 2.64. The summed E-state index contributed by atoms with van der Waals surface area (Å²) in [4.78, 5) is 0. The molecular weight excluding hydrogens is 213 g/mol. The van der Waals surface area contributed by atoms with Crippen LogP contribution < -0.4 is 5.73 Å². The normalized spacial score (nSPS) is 10.5. The SMILES string of the molecule is Cc1cc(Cc2ccc(F)cc2)cc(C)c1N. The van der Waals surface area contributed by atoms with Gasteiger partial charge in [0, 0.05) is 5.69 Å². The first kappa shape index (κ1) is 11.6. The van der Waals surface area contributed by atoms with Crippen molar-refractivity contribution in [3.8, 4) is 0 Å². The maximum atomic E-state index is 12.8. The number of nitrogens with two attached hydrogens (primary N) is 1. The van der Waals surface area contributed by atoms with Crippen molar-refractivity contribution in [3.63, 3.8) is 0 Å². The summed E-state index contributed by atoms with van der Waals surface area (Å²) in [7, 11) is 0. The number of hydrogen-bond acceptors (Lipinski definition) is 1. The van der Waals surface area contributed by atoms with Crippen LogP contribution >= 0.6 is 0 Å². The third-order valence-electron chi connectivity index (χ3n) is 2.97. The standard InChI is InChI=1S/C15H16FN/c1-10-7-13(8-11(2)15(10)17)9-12-3-5-14(16)6-4-12/h3-8H,9,17H2,1-2H3. The van der Waals surface area contributed by atoms with E-state index >= 15 is 0 Å². The zero-order valence-electron chi connectivity index (χ0n) is 10.1. The van der Waals surface area contributed by atoms with Gasteiger partial charge in [0.2, 0.25) is 0 Å². The van der Waals surface area contributed by atoms with Crippen LogP contribution in [0.15, 0.2) is 36.4 Å². The van der Waals surface area contributed by atoms with Crippen molar-refractivity contribution in [2.45, 2.75) is 20.3 Å². The smallest absolute Gasteiger partial charge is 0.123 e. The van der Waals surface area contributed by atoms with Crippen LogP contribution in [0.2, 0.25) is 0 Å². The third-order valence-corrected chi connectivity index (χ3v) is 2.97. The Morgan fingerprint density at radius 3 is 2.00 bits per heavy atom. The molecule has 0 aliphatic carbocycles. The molecule has 0 amide bonds. The Balaban J connectivity index is 2.27. The van der Waals surface area contributed by atoms with Crippen molar-refractivity contribution in [2.24, 2.45) is 0 Å². The fourth-order valence-electron chi connectivity index (χ4n) is 2.00. The number of rotatable bonds is 2. The summed E-state index contributed by atoms with van der Waals surface area (Å²) in [6, 6.07) is 10.8. The van der Waals surface area contributed by atoms with E-state index in [2.05, 4.69) is 12.1 Å². The van der Waals surface area contributed by atoms with Gasteiger partial charge in [-0.1, -0.05) is 24.3 Å². The van der Waals surface area contributed by atoms with Gasteiger partial charge in [-0.3, -0.25) is 0 Å². The van der Waals surface area contributed by atoms with Gasteiger partial charge in [-0.25, -0.2) is 4.39 Å².